The van der Waals surface area contributed by atoms with E-state index in [0.717, 1.165) is 17.8 Å². The molecule has 0 aliphatic rings. The van der Waals surface area contributed by atoms with Crippen LogP contribution in [0.25, 0.3) is 0 Å². The summed E-state index contributed by atoms with van der Waals surface area (Å²) in [7, 11) is -9.72. The van der Waals surface area contributed by atoms with Crippen LogP contribution in [-0.4, -0.2) is 67.0 Å². The van der Waals surface area contributed by atoms with Crippen molar-refractivity contribution in [3.8, 4) is 0 Å². The monoisotopic (exact) mass is 666 g/mol. The van der Waals surface area contributed by atoms with E-state index in [1.807, 2.05) is 60.7 Å². The molecule has 2 rings (SSSR count). The molecule has 5 unspecified atom stereocenters. The minimum Gasteiger partial charge on any atom is -0.465 e. The molecule has 13 nitrogen and oxygen atoms in total. The van der Waals surface area contributed by atoms with Crippen molar-refractivity contribution in [3.05, 3.63) is 71.8 Å². The third-order valence-corrected chi connectivity index (χ3v) is 7.73. The van der Waals surface area contributed by atoms with Crippen LogP contribution >= 0.6 is 22.6 Å². The topological polar surface area (TPSA) is 187 Å². The van der Waals surface area contributed by atoms with E-state index >= 15 is 0 Å². The molecule has 16 heteroatoms. The second-order valence-corrected chi connectivity index (χ2v) is 15.3. The van der Waals surface area contributed by atoms with Crippen LogP contribution in [-0.2, 0) is 55.0 Å². The van der Waals surface area contributed by atoms with Crippen LogP contribution in [0, 0.1) is 0 Å². The van der Waals surface area contributed by atoms with Crippen molar-refractivity contribution in [1.29, 1.82) is 0 Å². The number of nitrogens with one attached hydrogen (secondary N) is 2. The molecule has 0 aromatic heterocycles. The van der Waals surface area contributed by atoms with Crippen molar-refractivity contribution in [2.45, 2.75) is 53.0 Å². The smallest absolute Gasteiger partial charge is 0.325 e. The van der Waals surface area contributed by atoms with Crippen molar-refractivity contribution in [1.82, 2.24) is 10.2 Å². The molecule has 0 aliphatic heterocycles. The summed E-state index contributed by atoms with van der Waals surface area (Å²) >= 11 is 0. The lowest BCUT2D eigenvalue weighted by Gasteiger charge is -2.19. The molecule has 0 spiro atoms. The second-order valence-electron chi connectivity index (χ2n) is 9.25. The Kier molecular flexibility index (Phi) is 19.7. The Morgan fingerprint density at radius 3 is 1.42 bits per heavy atom. The summed E-state index contributed by atoms with van der Waals surface area (Å²) in [5.41, 5.74) is 1.82. The van der Waals surface area contributed by atoms with Gasteiger partial charge in [0.2, 0.25) is 0 Å². The van der Waals surface area contributed by atoms with Gasteiger partial charge in [0, 0.05) is 20.0 Å². The van der Waals surface area contributed by atoms with Gasteiger partial charge >= 0.3 is 19.5 Å². The summed E-state index contributed by atoms with van der Waals surface area (Å²) in [5.74, 6) is -0.957. The van der Waals surface area contributed by atoms with Gasteiger partial charge in [0.25, 0.3) is 15.0 Å². The van der Waals surface area contributed by atoms with E-state index in [9.17, 15) is 23.3 Å². The molecule has 43 heavy (non-hydrogen) atoms. The highest BCUT2D eigenvalue weighted by atomic mass is 31.2. The first-order valence-corrected chi connectivity index (χ1v) is 19.5. The fourth-order valence-electron chi connectivity index (χ4n) is 2.93. The number of hydrogen-bond donors (Lipinski definition) is 4. The molecule has 0 radical (unpaired) electrons. The zero-order chi connectivity index (χ0) is 33.1. The third kappa shape index (κ3) is 23.0. The average Bonchev–Trinajstić information content (AvgIpc) is 2.91. The van der Waals surface area contributed by atoms with E-state index in [1.54, 1.807) is 20.8 Å². The minimum absolute atomic E-state index is 0.186. The molecule has 2 aromatic rings. The molecule has 0 saturated carbocycles. The fourth-order valence-corrected chi connectivity index (χ4v) is 5.42. The largest absolute Gasteiger partial charge is 0.465 e. The molecule has 0 amide bonds. The van der Waals surface area contributed by atoms with Gasteiger partial charge in [-0.1, -0.05) is 60.7 Å². The average molecular weight is 667 g/mol. The van der Waals surface area contributed by atoms with Gasteiger partial charge in [-0.3, -0.25) is 23.3 Å². The molecule has 0 heterocycles. The summed E-state index contributed by atoms with van der Waals surface area (Å²) < 4.78 is 53.2. The van der Waals surface area contributed by atoms with Crippen molar-refractivity contribution < 1.29 is 51.6 Å². The maximum absolute atomic E-state index is 12.2. The summed E-state index contributed by atoms with van der Waals surface area (Å²) in [6, 6.07) is 17.3. The quantitative estimate of drug-likeness (QED) is 0.157. The first-order valence-electron chi connectivity index (χ1n) is 13.3. The summed E-state index contributed by atoms with van der Waals surface area (Å²) in [5, 5.41) is 4.91. The number of benzene rings is 2. The summed E-state index contributed by atoms with van der Waals surface area (Å²) in [6.07, 6.45) is 0. The Labute approximate surface area is 254 Å². The Balaban J connectivity index is 0.000000644. The van der Waals surface area contributed by atoms with Crippen LogP contribution in [0.4, 0.5) is 0 Å². The molecule has 244 valence electrons. The Morgan fingerprint density at radius 2 is 1.07 bits per heavy atom. The summed E-state index contributed by atoms with van der Waals surface area (Å²) in [6.45, 7) is 11.2. The van der Waals surface area contributed by atoms with Crippen molar-refractivity contribution in [2.24, 2.45) is 0 Å². The first-order chi connectivity index (χ1) is 19.9. The van der Waals surface area contributed by atoms with E-state index in [1.165, 1.54) is 20.3 Å². The molecule has 0 bridgehead atoms. The van der Waals surface area contributed by atoms with E-state index in [0.29, 0.717) is 6.61 Å². The van der Waals surface area contributed by atoms with Gasteiger partial charge in [0.05, 0.1) is 26.4 Å². The Morgan fingerprint density at radius 1 is 0.698 bits per heavy atom. The number of rotatable bonds is 14. The van der Waals surface area contributed by atoms with Gasteiger partial charge in [-0.05, 0) is 38.8 Å². The fraction of sp³-hybridized carbons (Fsp3) is 0.481. The van der Waals surface area contributed by atoms with Gasteiger partial charge in [-0.25, -0.2) is 10.2 Å². The van der Waals surface area contributed by atoms with Gasteiger partial charge in [-0.15, -0.1) is 0 Å². The van der Waals surface area contributed by atoms with Crippen LogP contribution in [0.2, 0.25) is 0 Å². The number of esters is 2. The molecule has 0 aliphatic carbocycles. The van der Waals surface area contributed by atoms with Gasteiger partial charge in [0.1, 0.15) is 12.1 Å². The Bertz CT molecular complexity index is 1220. The zero-order valence-electron chi connectivity index (χ0n) is 25.7. The maximum Gasteiger partial charge on any atom is 0.325 e. The normalized spacial score (nSPS) is 16.2. The number of ether oxygens (including phenoxy) is 2. The van der Waals surface area contributed by atoms with E-state index in [2.05, 4.69) is 14.9 Å². The molecule has 4 N–H and O–H groups in total. The highest BCUT2D eigenvalue weighted by Crippen LogP contribution is 2.39. The number of carbonyl (C=O) groups is 2. The maximum atomic E-state index is 12.2. The minimum atomic E-state index is -3.35. The lowest BCUT2D eigenvalue weighted by atomic mass is 10.2. The van der Waals surface area contributed by atoms with E-state index in [-0.39, 0.29) is 19.8 Å². The SMILES string of the molecule is CCOC(=O)C(C)NP(C)(=O)O.CCOC(=O)C(C)NP(C)(=O)OCc1ccccc1.CP(=O)(O)OCc1ccccc1. The standard InChI is InChI=1S/C13H20NO4P.C8H11O3P.C6H14NO4P/c1-4-17-13(15)11(2)14-19(3,16)18-10-12-8-6-5-7-9-12;1-12(9,10)11-7-8-5-3-2-4-6-8;1-4-11-6(8)5(2)7-12(3,9)10/h5-9,11H,4,10H2,1-3H3,(H,14,16);2-6H,7H2,1H3,(H,9,10);5H,4H2,1-3H3,(H2,7,9,10). The molecule has 2 aromatic carbocycles. The Hall–Kier alpha value is -2.17. The molecule has 5 atom stereocenters. The predicted octanol–water partition coefficient (Wildman–Crippen LogP) is 4.93. The van der Waals surface area contributed by atoms with E-state index in [4.69, 9.17) is 23.6 Å². The highest BCUT2D eigenvalue weighted by Gasteiger charge is 2.24. The van der Waals surface area contributed by atoms with E-state index < -0.39 is 46.7 Å². The summed E-state index contributed by atoms with van der Waals surface area (Å²) in [4.78, 5) is 40.0. The van der Waals surface area contributed by atoms with Gasteiger partial charge in [0.15, 0.2) is 0 Å². The second kappa shape index (κ2) is 20.7. The number of carbonyl (C=O) groups excluding carboxylic acids is 2. The highest BCUT2D eigenvalue weighted by molar-refractivity contribution is 7.56. The van der Waals surface area contributed by atoms with Crippen LogP contribution in [0.1, 0.15) is 38.8 Å². The third-order valence-electron chi connectivity index (χ3n) is 4.78. The van der Waals surface area contributed by atoms with Crippen LogP contribution < -0.4 is 10.2 Å². The van der Waals surface area contributed by atoms with Crippen molar-refractivity contribution in [3.63, 3.8) is 0 Å². The zero-order valence-corrected chi connectivity index (χ0v) is 28.4. The van der Waals surface area contributed by atoms with Crippen molar-refractivity contribution in [2.75, 3.05) is 33.2 Å². The lowest BCUT2D eigenvalue weighted by Crippen LogP contribution is -2.33. The predicted molar refractivity (Wildman–Crippen MR) is 166 cm³/mol. The van der Waals surface area contributed by atoms with Crippen molar-refractivity contribution >= 4 is 34.6 Å². The van der Waals surface area contributed by atoms with Gasteiger partial charge < -0.3 is 28.3 Å². The number of hydrogen-bond acceptors (Lipinski definition) is 9. The molecule has 0 fully saturated rings. The van der Waals surface area contributed by atoms with Crippen LogP contribution in [0.5, 0.6) is 0 Å². The molecular formula is C27H45N2O11P3. The van der Waals surface area contributed by atoms with Gasteiger partial charge in [-0.2, -0.15) is 0 Å². The lowest BCUT2D eigenvalue weighted by molar-refractivity contribution is -0.145. The molecule has 0 saturated heterocycles. The van der Waals surface area contributed by atoms with Crippen LogP contribution in [0.3, 0.4) is 0 Å². The first kappa shape index (κ1) is 40.8. The van der Waals surface area contributed by atoms with Crippen LogP contribution in [0.15, 0.2) is 60.7 Å². The molecular weight excluding hydrogens is 621 g/mol.